The first-order valence-electron chi connectivity index (χ1n) is 25.4. The molecule has 0 aliphatic heterocycles. The van der Waals surface area contributed by atoms with E-state index in [0.717, 1.165) is 77.0 Å². The van der Waals surface area contributed by atoms with Crippen molar-refractivity contribution >= 4 is 17.9 Å². The molecule has 61 heavy (non-hydrogen) atoms. The van der Waals surface area contributed by atoms with Crippen LogP contribution < -0.4 is 0 Å². The lowest BCUT2D eigenvalue weighted by atomic mass is 10.0. The summed E-state index contributed by atoms with van der Waals surface area (Å²) in [5, 5.41) is 0. The van der Waals surface area contributed by atoms with E-state index in [9.17, 15) is 14.4 Å². The molecule has 0 saturated heterocycles. The Morgan fingerprint density at radius 3 is 0.951 bits per heavy atom. The molecule has 0 aromatic carbocycles. The second kappa shape index (κ2) is 49.5. The molecule has 0 aliphatic rings. The van der Waals surface area contributed by atoms with Gasteiger partial charge in [-0.1, -0.05) is 196 Å². The number of unbranched alkanes of at least 4 members (excludes halogenated alkanes) is 22. The predicted octanol–water partition coefficient (Wildman–Crippen LogP) is 16.6. The van der Waals surface area contributed by atoms with Crippen molar-refractivity contribution < 1.29 is 28.6 Å². The average Bonchev–Trinajstić information content (AvgIpc) is 3.26. The first-order chi connectivity index (χ1) is 30.0. The molecule has 0 aliphatic carbocycles. The molecule has 0 saturated carbocycles. The Hall–Kier alpha value is -3.15. The summed E-state index contributed by atoms with van der Waals surface area (Å²) in [4.78, 5) is 37.9. The van der Waals surface area contributed by atoms with Gasteiger partial charge >= 0.3 is 17.9 Å². The predicted molar refractivity (Wildman–Crippen MR) is 261 cm³/mol. The summed E-state index contributed by atoms with van der Waals surface area (Å²) in [7, 11) is 0. The van der Waals surface area contributed by atoms with Gasteiger partial charge in [0.15, 0.2) is 6.10 Å². The highest BCUT2D eigenvalue weighted by Gasteiger charge is 2.19. The van der Waals surface area contributed by atoms with Crippen LogP contribution in [0.25, 0.3) is 0 Å². The normalized spacial score (nSPS) is 12.6. The second-order valence-electron chi connectivity index (χ2n) is 16.7. The fourth-order valence-electron chi connectivity index (χ4n) is 6.81. The first kappa shape index (κ1) is 57.9. The summed E-state index contributed by atoms with van der Waals surface area (Å²) in [5.41, 5.74) is 0. The van der Waals surface area contributed by atoms with E-state index in [1.54, 1.807) is 0 Å². The molecule has 0 bridgehead atoms. The Bertz CT molecular complexity index is 1160. The van der Waals surface area contributed by atoms with E-state index >= 15 is 0 Å². The van der Waals surface area contributed by atoms with Crippen LogP contribution in [0.5, 0.6) is 0 Å². The van der Waals surface area contributed by atoms with Crippen LogP contribution in [-0.4, -0.2) is 37.2 Å². The Morgan fingerprint density at radius 2 is 0.590 bits per heavy atom. The maximum absolute atomic E-state index is 12.8. The molecule has 350 valence electrons. The third-order valence-corrected chi connectivity index (χ3v) is 10.7. The molecule has 0 rings (SSSR count). The SMILES string of the molecule is CCCCC/C=C\C/C=C\C/C=C\CCCCC(=O)OC[C@H](COC(=O)CCCCCCCCCCCCCCC)OC(=O)CCCC/C=C\C/C=C\C/C=C\CCCCC. The Morgan fingerprint density at radius 1 is 0.328 bits per heavy atom. The minimum absolute atomic E-state index is 0.101. The molecule has 1 atom stereocenters. The third kappa shape index (κ3) is 47.7. The summed E-state index contributed by atoms with van der Waals surface area (Å²) < 4.78 is 16.7. The van der Waals surface area contributed by atoms with Crippen LogP contribution in [0.1, 0.15) is 239 Å². The van der Waals surface area contributed by atoms with Crippen molar-refractivity contribution in [1.82, 2.24) is 0 Å². The van der Waals surface area contributed by atoms with E-state index in [-0.39, 0.29) is 37.5 Å². The lowest BCUT2D eigenvalue weighted by Gasteiger charge is -2.18. The highest BCUT2D eigenvalue weighted by Crippen LogP contribution is 2.14. The van der Waals surface area contributed by atoms with Gasteiger partial charge in [-0.25, -0.2) is 0 Å². The van der Waals surface area contributed by atoms with Crippen molar-refractivity contribution in [2.45, 2.75) is 245 Å². The zero-order chi connectivity index (χ0) is 44.4. The molecular weight excluding hydrogens is 757 g/mol. The molecule has 0 N–H and O–H groups in total. The molecule has 0 aromatic heterocycles. The van der Waals surface area contributed by atoms with Gasteiger partial charge in [-0.05, 0) is 96.3 Å². The number of rotatable bonds is 45. The van der Waals surface area contributed by atoms with Gasteiger partial charge in [0, 0.05) is 19.3 Å². The highest BCUT2D eigenvalue weighted by molar-refractivity contribution is 5.71. The number of allylic oxidation sites excluding steroid dienone is 12. The number of ether oxygens (including phenoxy) is 3. The van der Waals surface area contributed by atoms with Gasteiger partial charge in [-0.3, -0.25) is 14.4 Å². The Balaban J connectivity index is 4.51. The minimum Gasteiger partial charge on any atom is -0.462 e. The summed E-state index contributed by atoms with van der Waals surface area (Å²) in [6.07, 6.45) is 61.7. The lowest BCUT2D eigenvalue weighted by molar-refractivity contribution is -0.167. The van der Waals surface area contributed by atoms with Gasteiger partial charge in [0.1, 0.15) is 13.2 Å². The molecule has 0 spiro atoms. The molecule has 0 fully saturated rings. The van der Waals surface area contributed by atoms with Crippen LogP contribution >= 0.6 is 0 Å². The van der Waals surface area contributed by atoms with E-state index in [0.29, 0.717) is 19.3 Å². The minimum atomic E-state index is -0.808. The number of carbonyl (C=O) groups excluding carboxylic acids is 3. The number of carbonyl (C=O) groups is 3. The smallest absolute Gasteiger partial charge is 0.306 e. The van der Waals surface area contributed by atoms with Crippen LogP contribution in [0.4, 0.5) is 0 Å². The first-order valence-corrected chi connectivity index (χ1v) is 25.4. The van der Waals surface area contributed by atoms with E-state index in [4.69, 9.17) is 14.2 Å². The van der Waals surface area contributed by atoms with Gasteiger partial charge in [-0.2, -0.15) is 0 Å². The van der Waals surface area contributed by atoms with Gasteiger partial charge in [0.05, 0.1) is 0 Å². The number of esters is 3. The van der Waals surface area contributed by atoms with Crippen molar-refractivity contribution in [3.8, 4) is 0 Å². The fraction of sp³-hybridized carbons (Fsp3) is 0.727. The van der Waals surface area contributed by atoms with Gasteiger partial charge in [0.25, 0.3) is 0 Å². The maximum Gasteiger partial charge on any atom is 0.306 e. The molecule has 0 amide bonds. The Kier molecular flexibility index (Phi) is 46.9. The van der Waals surface area contributed by atoms with Crippen LogP contribution in [0.15, 0.2) is 72.9 Å². The van der Waals surface area contributed by atoms with E-state index in [1.165, 1.54) is 116 Å². The molecule has 0 unspecified atom stereocenters. The van der Waals surface area contributed by atoms with Gasteiger partial charge < -0.3 is 14.2 Å². The third-order valence-electron chi connectivity index (χ3n) is 10.7. The fourth-order valence-corrected chi connectivity index (χ4v) is 6.81. The summed E-state index contributed by atoms with van der Waals surface area (Å²) in [6, 6.07) is 0. The second-order valence-corrected chi connectivity index (χ2v) is 16.7. The lowest BCUT2D eigenvalue weighted by Crippen LogP contribution is -2.30. The number of hydrogen-bond donors (Lipinski definition) is 0. The summed E-state index contributed by atoms with van der Waals surface area (Å²) in [5.74, 6) is -0.979. The molecule has 6 nitrogen and oxygen atoms in total. The van der Waals surface area contributed by atoms with E-state index < -0.39 is 6.10 Å². The number of hydrogen-bond acceptors (Lipinski definition) is 6. The molecule has 6 heteroatoms. The summed E-state index contributed by atoms with van der Waals surface area (Å²) in [6.45, 7) is 6.51. The van der Waals surface area contributed by atoms with E-state index in [2.05, 4.69) is 93.7 Å². The van der Waals surface area contributed by atoms with Crippen LogP contribution in [0.3, 0.4) is 0 Å². The van der Waals surface area contributed by atoms with Gasteiger partial charge in [0.2, 0.25) is 0 Å². The van der Waals surface area contributed by atoms with Crippen molar-refractivity contribution in [1.29, 1.82) is 0 Å². The van der Waals surface area contributed by atoms with E-state index in [1.807, 2.05) is 0 Å². The van der Waals surface area contributed by atoms with Crippen molar-refractivity contribution in [3.05, 3.63) is 72.9 Å². The maximum atomic E-state index is 12.8. The topological polar surface area (TPSA) is 78.9 Å². The van der Waals surface area contributed by atoms with Crippen molar-refractivity contribution in [2.75, 3.05) is 13.2 Å². The van der Waals surface area contributed by atoms with Gasteiger partial charge in [-0.15, -0.1) is 0 Å². The highest BCUT2D eigenvalue weighted by atomic mass is 16.6. The standard InChI is InChI=1S/C55H94O6/c1-4-7-10-13-16-19-22-25-27-30-33-36-39-42-45-48-54(57)60-51-52(50-59-53(56)47-44-41-38-35-32-29-24-21-18-15-12-9-6-3)61-55(58)49-46-43-40-37-34-31-28-26-23-20-17-14-11-8-5-2/h16-17,19-20,25-28,33-34,36-37,52H,4-15,18,21-24,29-32,35,38-51H2,1-3H3/b19-16-,20-17-,27-25-,28-26-,36-33-,37-34-/t52-/m0/s1. The molecular formula is C55H94O6. The zero-order valence-corrected chi connectivity index (χ0v) is 39.9. The molecule has 0 radical (unpaired) electrons. The largest absolute Gasteiger partial charge is 0.462 e. The van der Waals surface area contributed by atoms with Crippen LogP contribution in [0.2, 0.25) is 0 Å². The van der Waals surface area contributed by atoms with Crippen molar-refractivity contribution in [2.24, 2.45) is 0 Å². The average molecular weight is 851 g/mol. The summed E-state index contributed by atoms with van der Waals surface area (Å²) >= 11 is 0. The molecule has 0 heterocycles. The Labute approximate surface area is 376 Å². The van der Waals surface area contributed by atoms with Crippen LogP contribution in [0, 0.1) is 0 Å². The van der Waals surface area contributed by atoms with Crippen LogP contribution in [-0.2, 0) is 28.6 Å². The quantitative estimate of drug-likeness (QED) is 0.0263. The van der Waals surface area contributed by atoms with Crippen molar-refractivity contribution in [3.63, 3.8) is 0 Å². The zero-order valence-electron chi connectivity index (χ0n) is 39.9. The molecule has 0 aromatic rings. The monoisotopic (exact) mass is 851 g/mol.